The maximum absolute atomic E-state index is 12.9. The molecule has 4 aromatic carbocycles. The van der Waals surface area contributed by atoms with Gasteiger partial charge in [-0.2, -0.15) is 0 Å². The molecule has 0 saturated carbocycles. The molecule has 0 radical (unpaired) electrons. The van der Waals surface area contributed by atoms with Crippen molar-refractivity contribution in [2.45, 2.75) is 4.90 Å². The van der Waals surface area contributed by atoms with Crippen molar-refractivity contribution in [3.63, 3.8) is 0 Å². The van der Waals surface area contributed by atoms with E-state index in [0.717, 1.165) is 4.90 Å². The molecule has 8 nitrogen and oxygen atoms in total. The lowest BCUT2D eigenvalue weighted by Gasteiger charge is -2.11. The second kappa shape index (κ2) is 10.7. The summed E-state index contributed by atoms with van der Waals surface area (Å²) >= 11 is 1.28. The molecule has 36 heavy (non-hydrogen) atoms. The van der Waals surface area contributed by atoms with E-state index in [2.05, 4.69) is 10.6 Å². The number of carbonyl (C=O) groups is 4. The molecule has 180 valence electrons. The first-order chi connectivity index (χ1) is 17.3. The van der Waals surface area contributed by atoms with Crippen LogP contribution in [0, 0.1) is 0 Å². The average molecular weight is 501 g/mol. The van der Waals surface area contributed by atoms with Crippen LogP contribution < -0.4 is 10.6 Å². The summed E-state index contributed by atoms with van der Waals surface area (Å²) in [7, 11) is 0. The molecule has 4 aromatic rings. The Morgan fingerprint density at radius 3 is 2.03 bits per heavy atom. The third-order valence-corrected chi connectivity index (χ3v) is 6.27. The van der Waals surface area contributed by atoms with Gasteiger partial charge in [0.25, 0.3) is 5.91 Å². The van der Waals surface area contributed by atoms with Gasteiger partial charge in [0, 0.05) is 27.2 Å². The van der Waals surface area contributed by atoms with Crippen LogP contribution in [0.5, 0.6) is 0 Å². The number of anilines is 2. The van der Waals surface area contributed by atoms with Gasteiger partial charge in [-0.15, -0.1) is 11.8 Å². The smallest absolute Gasteiger partial charge is 0.336 e. The molecule has 9 heteroatoms. The Balaban J connectivity index is 1.39. The van der Waals surface area contributed by atoms with Gasteiger partial charge in [-0.3, -0.25) is 9.59 Å². The van der Waals surface area contributed by atoms with Crippen LogP contribution in [-0.4, -0.2) is 39.7 Å². The fourth-order valence-corrected chi connectivity index (χ4v) is 4.32. The molecular weight excluding hydrogens is 480 g/mol. The van der Waals surface area contributed by atoms with Crippen LogP contribution in [0.4, 0.5) is 11.4 Å². The maximum atomic E-state index is 12.9. The summed E-state index contributed by atoms with van der Waals surface area (Å²) in [5.41, 5.74) is 1.31. The number of nitrogens with one attached hydrogen (secondary N) is 2. The van der Waals surface area contributed by atoms with Crippen LogP contribution in [0.25, 0.3) is 10.8 Å². The first-order valence-corrected chi connectivity index (χ1v) is 11.7. The number of hydrogen-bond donors (Lipinski definition) is 4. The van der Waals surface area contributed by atoms with Gasteiger partial charge < -0.3 is 20.8 Å². The third kappa shape index (κ3) is 5.70. The predicted molar refractivity (Wildman–Crippen MR) is 138 cm³/mol. The van der Waals surface area contributed by atoms with Crippen LogP contribution >= 0.6 is 11.8 Å². The molecule has 0 saturated heterocycles. The molecule has 0 heterocycles. The largest absolute Gasteiger partial charge is 0.478 e. The van der Waals surface area contributed by atoms with Gasteiger partial charge >= 0.3 is 11.9 Å². The molecule has 4 N–H and O–H groups in total. The summed E-state index contributed by atoms with van der Waals surface area (Å²) in [6.07, 6.45) is 0. The Labute approximate surface area is 210 Å². The molecule has 0 spiro atoms. The molecule has 2 amide bonds. The zero-order valence-corrected chi connectivity index (χ0v) is 19.5. The fourth-order valence-electron chi connectivity index (χ4n) is 3.62. The van der Waals surface area contributed by atoms with Crippen molar-refractivity contribution in [2.75, 3.05) is 16.4 Å². The van der Waals surface area contributed by atoms with Crippen molar-refractivity contribution in [2.24, 2.45) is 0 Å². The third-order valence-electron chi connectivity index (χ3n) is 5.26. The second-order valence-corrected chi connectivity index (χ2v) is 8.76. The topological polar surface area (TPSA) is 133 Å². The molecule has 0 bridgehead atoms. The first kappa shape index (κ1) is 24.5. The number of carbonyl (C=O) groups excluding carboxylic acids is 2. The van der Waals surface area contributed by atoms with E-state index in [1.807, 2.05) is 0 Å². The first-order valence-electron chi connectivity index (χ1n) is 10.7. The molecule has 0 unspecified atom stereocenters. The van der Waals surface area contributed by atoms with Gasteiger partial charge in [0.15, 0.2) is 0 Å². The summed E-state index contributed by atoms with van der Waals surface area (Å²) in [5, 5.41) is 25.1. The van der Waals surface area contributed by atoms with E-state index in [1.165, 1.54) is 30.0 Å². The normalized spacial score (nSPS) is 10.6. The zero-order chi connectivity index (χ0) is 25.7. The Hall–Kier alpha value is -4.63. The monoisotopic (exact) mass is 500 g/mol. The van der Waals surface area contributed by atoms with Crippen molar-refractivity contribution in [1.82, 2.24) is 0 Å². The van der Waals surface area contributed by atoms with Gasteiger partial charge in [-0.1, -0.05) is 30.3 Å². The highest BCUT2D eigenvalue weighted by molar-refractivity contribution is 8.00. The maximum Gasteiger partial charge on any atom is 0.336 e. The molecule has 0 aliphatic heterocycles. The van der Waals surface area contributed by atoms with Crippen molar-refractivity contribution in [1.29, 1.82) is 0 Å². The van der Waals surface area contributed by atoms with Crippen molar-refractivity contribution in [3.8, 4) is 0 Å². The van der Waals surface area contributed by atoms with Crippen LogP contribution in [0.2, 0.25) is 0 Å². The lowest BCUT2D eigenvalue weighted by molar-refractivity contribution is -0.113. The minimum absolute atomic E-state index is 0.0537. The second-order valence-electron chi connectivity index (χ2n) is 7.72. The summed E-state index contributed by atoms with van der Waals surface area (Å²) in [4.78, 5) is 48.7. The quantitative estimate of drug-likeness (QED) is 0.244. The Kier molecular flexibility index (Phi) is 7.31. The van der Waals surface area contributed by atoms with E-state index in [9.17, 15) is 24.3 Å². The van der Waals surface area contributed by atoms with Crippen LogP contribution in [0.3, 0.4) is 0 Å². The summed E-state index contributed by atoms with van der Waals surface area (Å²) in [6, 6.07) is 22.8. The van der Waals surface area contributed by atoms with Gasteiger partial charge in [0.2, 0.25) is 5.91 Å². The zero-order valence-electron chi connectivity index (χ0n) is 18.7. The van der Waals surface area contributed by atoms with Gasteiger partial charge in [0.05, 0.1) is 16.9 Å². The fraction of sp³-hybridized carbons (Fsp3) is 0.0370. The highest BCUT2D eigenvalue weighted by atomic mass is 32.2. The van der Waals surface area contributed by atoms with E-state index >= 15 is 0 Å². The average Bonchev–Trinajstić information content (AvgIpc) is 2.87. The predicted octanol–water partition coefficient (Wildman–Crippen LogP) is 5.22. The molecule has 0 aliphatic rings. The van der Waals surface area contributed by atoms with Gasteiger partial charge in [-0.05, 0) is 60.0 Å². The Bertz CT molecular complexity index is 1480. The van der Waals surface area contributed by atoms with E-state index in [-0.39, 0.29) is 28.4 Å². The van der Waals surface area contributed by atoms with Crippen molar-refractivity contribution < 1.29 is 29.4 Å². The number of hydrogen-bond acceptors (Lipinski definition) is 5. The number of aromatic carboxylic acids is 2. The van der Waals surface area contributed by atoms with Gasteiger partial charge in [-0.25, -0.2) is 9.59 Å². The number of carboxylic acids is 2. The molecule has 0 aromatic heterocycles. The highest BCUT2D eigenvalue weighted by Gasteiger charge is 2.16. The van der Waals surface area contributed by atoms with E-state index < -0.39 is 17.8 Å². The lowest BCUT2D eigenvalue weighted by atomic mass is 9.98. The number of carboxylic acid groups (broad SMARTS) is 2. The minimum Gasteiger partial charge on any atom is -0.478 e. The Morgan fingerprint density at radius 1 is 0.694 bits per heavy atom. The lowest BCUT2D eigenvalue weighted by Crippen LogP contribution is -2.14. The SMILES string of the molecule is O=C(CSc1ccc(NC(=O)c2cccc3cccc(C(=O)O)c23)cc1)Nc1cccc(C(=O)O)c1. The van der Waals surface area contributed by atoms with Gasteiger partial charge in [0.1, 0.15) is 0 Å². The molecule has 4 rings (SSSR count). The highest BCUT2D eigenvalue weighted by Crippen LogP contribution is 2.25. The number of amides is 2. The summed E-state index contributed by atoms with van der Waals surface area (Å²) in [5.74, 6) is -2.80. The van der Waals surface area contributed by atoms with Crippen LogP contribution in [-0.2, 0) is 4.79 Å². The van der Waals surface area contributed by atoms with Crippen LogP contribution in [0.1, 0.15) is 31.1 Å². The van der Waals surface area contributed by atoms with Crippen molar-refractivity contribution in [3.05, 3.63) is 102 Å². The standard InChI is InChI=1S/C27H20N2O6S/c30-23(28-19-7-1-6-17(14-19)26(32)33)15-36-20-12-10-18(11-13-20)29-25(31)21-8-2-4-16-5-3-9-22(24(16)21)27(34)35/h1-14H,15H2,(H,28,30)(H,29,31)(H,32,33)(H,34,35). The Morgan fingerprint density at radius 2 is 1.36 bits per heavy atom. The minimum atomic E-state index is -1.11. The number of benzene rings is 4. The number of fused-ring (bicyclic) bond motifs is 1. The van der Waals surface area contributed by atoms with E-state index in [1.54, 1.807) is 66.7 Å². The van der Waals surface area contributed by atoms with E-state index in [0.29, 0.717) is 22.1 Å². The van der Waals surface area contributed by atoms with Crippen LogP contribution in [0.15, 0.2) is 89.8 Å². The molecule has 0 aliphatic carbocycles. The molecule has 0 atom stereocenters. The molecular formula is C27H20N2O6S. The summed E-state index contributed by atoms with van der Waals surface area (Å²) < 4.78 is 0. The number of thioether (sulfide) groups is 1. The van der Waals surface area contributed by atoms with E-state index in [4.69, 9.17) is 5.11 Å². The number of rotatable bonds is 8. The molecule has 0 fully saturated rings. The summed E-state index contributed by atoms with van der Waals surface area (Å²) in [6.45, 7) is 0. The van der Waals surface area contributed by atoms with Crippen molar-refractivity contribution >= 4 is 57.7 Å².